The molecule has 1 fully saturated rings. The number of carbonyl (C=O) groups is 2. The molecule has 24 heavy (non-hydrogen) atoms. The molecule has 1 aromatic rings. The molecule has 2 amide bonds. The summed E-state index contributed by atoms with van der Waals surface area (Å²) in [6.07, 6.45) is 1.98. The van der Waals surface area contributed by atoms with Crippen molar-refractivity contribution in [3.05, 3.63) is 34.9 Å². The van der Waals surface area contributed by atoms with Crippen molar-refractivity contribution < 1.29 is 9.59 Å². The second kappa shape index (κ2) is 9.04. The van der Waals surface area contributed by atoms with E-state index in [-0.39, 0.29) is 17.7 Å². The molecule has 0 bridgehead atoms. The molecule has 5 nitrogen and oxygen atoms in total. The van der Waals surface area contributed by atoms with Crippen LogP contribution in [0.2, 0.25) is 5.02 Å². The highest BCUT2D eigenvalue weighted by Crippen LogP contribution is 2.19. The van der Waals surface area contributed by atoms with Gasteiger partial charge in [-0.1, -0.05) is 23.7 Å². The number of hydrogen-bond acceptors (Lipinski definition) is 3. The van der Waals surface area contributed by atoms with E-state index in [1.165, 1.54) is 0 Å². The fraction of sp³-hybridized carbons (Fsp3) is 0.556. The maximum absolute atomic E-state index is 12.2. The number of benzene rings is 1. The summed E-state index contributed by atoms with van der Waals surface area (Å²) in [5.74, 6) is -0.172. The maximum Gasteiger partial charge on any atom is 0.225 e. The molecule has 2 rings (SSSR count). The first-order chi connectivity index (χ1) is 11.5. The topological polar surface area (TPSA) is 52.7 Å². The molecule has 0 aliphatic carbocycles. The summed E-state index contributed by atoms with van der Waals surface area (Å²) in [4.78, 5) is 28.2. The van der Waals surface area contributed by atoms with Gasteiger partial charge in [-0.2, -0.15) is 0 Å². The van der Waals surface area contributed by atoms with E-state index in [1.54, 1.807) is 4.90 Å². The standard InChI is InChI=1S/C18H26ClN3O2/c1-21(2)9-4-8-20-18(24)15-12-17(23)22(13-15)10-7-14-5-3-6-16(19)11-14/h3,5-6,11,15H,4,7-10,12-13H2,1-2H3,(H,20,24). The Morgan fingerprint density at radius 2 is 2.21 bits per heavy atom. The summed E-state index contributed by atoms with van der Waals surface area (Å²) in [7, 11) is 4.02. The highest BCUT2D eigenvalue weighted by atomic mass is 35.5. The number of hydrogen-bond donors (Lipinski definition) is 1. The van der Waals surface area contributed by atoms with Gasteiger partial charge in [0.15, 0.2) is 0 Å². The van der Waals surface area contributed by atoms with Gasteiger partial charge in [0.05, 0.1) is 5.92 Å². The maximum atomic E-state index is 12.2. The van der Waals surface area contributed by atoms with E-state index in [1.807, 2.05) is 38.4 Å². The van der Waals surface area contributed by atoms with E-state index in [0.717, 1.165) is 24.9 Å². The van der Waals surface area contributed by atoms with Crippen molar-refractivity contribution in [2.24, 2.45) is 5.92 Å². The summed E-state index contributed by atoms with van der Waals surface area (Å²) in [5.41, 5.74) is 1.10. The van der Waals surface area contributed by atoms with Gasteiger partial charge in [0.2, 0.25) is 11.8 Å². The summed E-state index contributed by atoms with van der Waals surface area (Å²) >= 11 is 5.98. The first kappa shape index (κ1) is 18.7. The van der Waals surface area contributed by atoms with Crippen LogP contribution in [0.3, 0.4) is 0 Å². The molecule has 1 aliphatic rings. The van der Waals surface area contributed by atoms with Crippen LogP contribution in [0, 0.1) is 5.92 Å². The summed E-state index contributed by atoms with van der Waals surface area (Å²) in [5, 5.41) is 3.64. The molecule has 0 aromatic heterocycles. The number of nitrogens with zero attached hydrogens (tertiary/aromatic N) is 2. The SMILES string of the molecule is CN(C)CCCNC(=O)C1CC(=O)N(CCc2cccc(Cl)c2)C1. The molecular weight excluding hydrogens is 326 g/mol. The van der Waals surface area contributed by atoms with Crippen molar-refractivity contribution in [2.75, 3.05) is 40.3 Å². The largest absolute Gasteiger partial charge is 0.356 e. The van der Waals surface area contributed by atoms with Crippen LogP contribution in [0.4, 0.5) is 0 Å². The molecule has 0 spiro atoms. The predicted molar refractivity (Wildman–Crippen MR) is 96.0 cm³/mol. The van der Waals surface area contributed by atoms with Crippen molar-refractivity contribution in [2.45, 2.75) is 19.3 Å². The zero-order valence-electron chi connectivity index (χ0n) is 14.4. The lowest BCUT2D eigenvalue weighted by Crippen LogP contribution is -2.34. The van der Waals surface area contributed by atoms with E-state index in [0.29, 0.717) is 31.1 Å². The molecule has 1 aliphatic heterocycles. The molecule has 132 valence electrons. The Labute approximate surface area is 149 Å². The number of halogens is 1. The molecule has 0 radical (unpaired) electrons. The third kappa shape index (κ3) is 5.80. The van der Waals surface area contributed by atoms with Gasteiger partial charge in [0.1, 0.15) is 0 Å². The smallest absolute Gasteiger partial charge is 0.225 e. The van der Waals surface area contributed by atoms with Crippen LogP contribution in [0.5, 0.6) is 0 Å². The number of amides is 2. The molecule has 6 heteroatoms. The van der Waals surface area contributed by atoms with Crippen molar-refractivity contribution in [3.8, 4) is 0 Å². The van der Waals surface area contributed by atoms with E-state index in [2.05, 4.69) is 10.2 Å². The second-order valence-corrected chi connectivity index (χ2v) is 7.01. The highest BCUT2D eigenvalue weighted by molar-refractivity contribution is 6.30. The van der Waals surface area contributed by atoms with Gasteiger partial charge >= 0.3 is 0 Å². The Balaban J connectivity index is 1.75. The van der Waals surface area contributed by atoms with Crippen molar-refractivity contribution in [1.82, 2.24) is 15.1 Å². The average molecular weight is 352 g/mol. The molecular formula is C18H26ClN3O2. The van der Waals surface area contributed by atoms with Crippen molar-refractivity contribution in [1.29, 1.82) is 0 Å². The van der Waals surface area contributed by atoms with Crippen LogP contribution < -0.4 is 5.32 Å². The molecule has 1 atom stereocenters. The third-order valence-corrected chi connectivity index (χ3v) is 4.46. The van der Waals surface area contributed by atoms with Gasteiger partial charge < -0.3 is 15.1 Å². The lowest BCUT2D eigenvalue weighted by molar-refractivity contribution is -0.129. The molecule has 1 aromatic carbocycles. The number of likely N-dealkylation sites (tertiary alicyclic amines) is 1. The van der Waals surface area contributed by atoms with Crippen molar-refractivity contribution >= 4 is 23.4 Å². The minimum absolute atomic E-state index is 0.00707. The van der Waals surface area contributed by atoms with E-state index < -0.39 is 0 Å². The van der Waals surface area contributed by atoms with Gasteiger partial charge in [-0.15, -0.1) is 0 Å². The summed E-state index contributed by atoms with van der Waals surface area (Å²) in [6, 6.07) is 7.66. The Morgan fingerprint density at radius 1 is 1.42 bits per heavy atom. The van der Waals surface area contributed by atoms with Crippen LogP contribution in [-0.4, -0.2) is 61.9 Å². The van der Waals surface area contributed by atoms with Crippen LogP contribution in [0.15, 0.2) is 24.3 Å². The first-order valence-electron chi connectivity index (χ1n) is 8.40. The lowest BCUT2D eigenvalue weighted by atomic mass is 10.1. The Morgan fingerprint density at radius 3 is 2.92 bits per heavy atom. The second-order valence-electron chi connectivity index (χ2n) is 6.57. The zero-order valence-corrected chi connectivity index (χ0v) is 15.2. The molecule has 1 heterocycles. The summed E-state index contributed by atoms with van der Waals surface area (Å²) < 4.78 is 0. The van der Waals surface area contributed by atoms with Gasteiger partial charge in [-0.05, 0) is 51.2 Å². The zero-order chi connectivity index (χ0) is 17.5. The van der Waals surface area contributed by atoms with E-state index >= 15 is 0 Å². The lowest BCUT2D eigenvalue weighted by Gasteiger charge is -2.17. The predicted octanol–water partition coefficient (Wildman–Crippen LogP) is 1.80. The molecule has 1 saturated heterocycles. The minimum atomic E-state index is -0.226. The van der Waals surface area contributed by atoms with Crippen LogP contribution in [0.1, 0.15) is 18.4 Å². The summed E-state index contributed by atoms with van der Waals surface area (Å²) in [6.45, 7) is 2.74. The highest BCUT2D eigenvalue weighted by Gasteiger charge is 2.33. The van der Waals surface area contributed by atoms with Crippen molar-refractivity contribution in [3.63, 3.8) is 0 Å². The minimum Gasteiger partial charge on any atom is -0.356 e. The van der Waals surface area contributed by atoms with Crippen LogP contribution in [-0.2, 0) is 16.0 Å². The quantitative estimate of drug-likeness (QED) is 0.727. The molecule has 1 unspecified atom stereocenters. The third-order valence-electron chi connectivity index (χ3n) is 4.23. The van der Waals surface area contributed by atoms with Gasteiger partial charge in [0, 0.05) is 31.1 Å². The number of rotatable bonds is 8. The molecule has 0 saturated carbocycles. The Kier molecular flexibility index (Phi) is 7.06. The van der Waals surface area contributed by atoms with Gasteiger partial charge in [-0.25, -0.2) is 0 Å². The first-order valence-corrected chi connectivity index (χ1v) is 8.78. The monoisotopic (exact) mass is 351 g/mol. The Bertz CT molecular complexity index is 577. The van der Waals surface area contributed by atoms with Crippen LogP contribution in [0.25, 0.3) is 0 Å². The molecule has 1 N–H and O–H groups in total. The van der Waals surface area contributed by atoms with Gasteiger partial charge in [0.25, 0.3) is 0 Å². The van der Waals surface area contributed by atoms with Gasteiger partial charge in [-0.3, -0.25) is 9.59 Å². The number of nitrogens with one attached hydrogen (secondary N) is 1. The number of carbonyl (C=O) groups excluding carboxylic acids is 2. The van der Waals surface area contributed by atoms with Crippen LogP contribution >= 0.6 is 11.6 Å². The van der Waals surface area contributed by atoms with E-state index in [9.17, 15) is 9.59 Å². The van der Waals surface area contributed by atoms with E-state index in [4.69, 9.17) is 11.6 Å². The average Bonchev–Trinajstić information content (AvgIpc) is 2.90. The normalized spacial score (nSPS) is 17.6. The fourth-order valence-corrected chi connectivity index (χ4v) is 3.08. The Hall–Kier alpha value is -1.59. The fourth-order valence-electron chi connectivity index (χ4n) is 2.87.